The molecule has 3 N–H and O–H groups in total. The summed E-state index contributed by atoms with van der Waals surface area (Å²) in [6.07, 6.45) is -3.11. The van der Waals surface area contributed by atoms with Crippen LogP contribution in [0.4, 0.5) is 18.9 Å². The number of hydrogen-bond donors (Lipinski definition) is 2. The van der Waals surface area contributed by atoms with Gasteiger partial charge >= 0.3 is 6.18 Å². The van der Waals surface area contributed by atoms with Gasteiger partial charge in [-0.1, -0.05) is 60.7 Å². The Kier molecular flexibility index (Phi) is 8.33. The Morgan fingerprint density at radius 1 is 0.975 bits per heavy atom. The van der Waals surface area contributed by atoms with Crippen LogP contribution in [0, 0.1) is 0 Å². The highest BCUT2D eigenvalue weighted by molar-refractivity contribution is 7.92. The Balaban J connectivity index is 1.67. The lowest BCUT2D eigenvalue weighted by atomic mass is 9.94. The molecule has 0 amide bonds. The number of alkyl halides is 3. The van der Waals surface area contributed by atoms with Gasteiger partial charge in [-0.15, -0.1) is 10.2 Å². The molecule has 40 heavy (non-hydrogen) atoms. The second kappa shape index (κ2) is 11.4. The number of hydrogen-bond acceptors (Lipinski definition) is 7. The minimum atomic E-state index is -4.56. The summed E-state index contributed by atoms with van der Waals surface area (Å²) in [4.78, 5) is 0. The summed E-state index contributed by atoms with van der Waals surface area (Å²) in [7, 11) is -2.32. The molecule has 0 fully saturated rings. The SMILES string of the molecule is CN(c1cc(CNC(c2ccccc2)C(F)(F)F)cc(-c2nnc([C@@](C)(N)Cc3ccccc3)o2)c1)S(C)(=O)=O. The number of nitrogens with zero attached hydrogens (tertiary/aromatic N) is 3. The molecule has 1 aromatic heterocycles. The van der Waals surface area contributed by atoms with Gasteiger partial charge in [0, 0.05) is 19.2 Å². The molecule has 0 saturated heterocycles. The van der Waals surface area contributed by atoms with E-state index in [1.54, 1.807) is 19.1 Å². The molecule has 0 saturated carbocycles. The van der Waals surface area contributed by atoms with Crippen molar-refractivity contribution in [3.63, 3.8) is 0 Å². The van der Waals surface area contributed by atoms with Crippen LogP contribution in [0.15, 0.2) is 83.3 Å². The van der Waals surface area contributed by atoms with Crippen molar-refractivity contribution >= 4 is 15.7 Å². The van der Waals surface area contributed by atoms with E-state index in [1.807, 2.05) is 30.3 Å². The van der Waals surface area contributed by atoms with Crippen LogP contribution >= 0.6 is 0 Å². The third kappa shape index (κ3) is 7.06. The Bertz CT molecular complexity index is 1540. The quantitative estimate of drug-likeness (QED) is 0.276. The van der Waals surface area contributed by atoms with Crippen molar-refractivity contribution in [2.24, 2.45) is 5.73 Å². The topological polar surface area (TPSA) is 114 Å². The predicted molar refractivity (Wildman–Crippen MR) is 147 cm³/mol. The molecule has 12 heteroatoms. The molecular weight excluding hydrogens is 543 g/mol. The summed E-state index contributed by atoms with van der Waals surface area (Å²) < 4.78 is 73.2. The van der Waals surface area contributed by atoms with Gasteiger partial charge in [-0.25, -0.2) is 8.42 Å². The molecular formula is C28H30F3N5O3S. The number of rotatable bonds is 10. The first-order chi connectivity index (χ1) is 18.7. The molecule has 4 rings (SSSR count). The maximum absolute atomic E-state index is 13.9. The molecule has 2 atom stereocenters. The summed E-state index contributed by atoms with van der Waals surface area (Å²) in [5.74, 6) is 0.217. The maximum atomic E-state index is 13.9. The lowest BCUT2D eigenvalue weighted by molar-refractivity contribution is -0.158. The Morgan fingerprint density at radius 2 is 1.60 bits per heavy atom. The van der Waals surface area contributed by atoms with Crippen LogP contribution in [-0.2, 0) is 28.5 Å². The van der Waals surface area contributed by atoms with Crippen LogP contribution in [-0.4, -0.2) is 38.1 Å². The fourth-order valence-corrected chi connectivity index (χ4v) is 4.72. The second-order valence-corrected chi connectivity index (χ2v) is 11.9. The monoisotopic (exact) mass is 573 g/mol. The third-order valence-electron chi connectivity index (χ3n) is 6.38. The van der Waals surface area contributed by atoms with Crippen molar-refractivity contribution in [3.8, 4) is 11.5 Å². The van der Waals surface area contributed by atoms with Crippen LogP contribution in [0.3, 0.4) is 0 Å². The highest BCUT2D eigenvalue weighted by Gasteiger charge is 2.40. The van der Waals surface area contributed by atoms with E-state index >= 15 is 0 Å². The molecule has 0 spiro atoms. The lowest BCUT2D eigenvalue weighted by Gasteiger charge is -2.23. The van der Waals surface area contributed by atoms with Gasteiger partial charge in [0.05, 0.1) is 17.5 Å². The van der Waals surface area contributed by atoms with Crippen LogP contribution in [0.25, 0.3) is 11.5 Å². The Hall–Kier alpha value is -3.74. The van der Waals surface area contributed by atoms with Crippen molar-refractivity contribution < 1.29 is 26.0 Å². The number of nitrogens with two attached hydrogens (primary N) is 1. The van der Waals surface area contributed by atoms with Gasteiger partial charge in [0.25, 0.3) is 0 Å². The van der Waals surface area contributed by atoms with Crippen molar-refractivity contribution in [3.05, 3.63) is 101 Å². The molecule has 3 aromatic carbocycles. The van der Waals surface area contributed by atoms with E-state index in [9.17, 15) is 21.6 Å². The van der Waals surface area contributed by atoms with Gasteiger partial charge in [-0.3, -0.25) is 9.62 Å². The van der Waals surface area contributed by atoms with Crippen molar-refractivity contribution in [1.29, 1.82) is 0 Å². The van der Waals surface area contributed by atoms with E-state index in [0.717, 1.165) is 16.1 Å². The fourth-order valence-electron chi connectivity index (χ4n) is 4.23. The molecule has 1 heterocycles. The largest absolute Gasteiger partial charge is 0.419 e. The van der Waals surface area contributed by atoms with E-state index in [1.165, 1.54) is 43.4 Å². The smallest absolute Gasteiger partial charge is 0.407 e. The van der Waals surface area contributed by atoms with E-state index in [2.05, 4.69) is 15.5 Å². The van der Waals surface area contributed by atoms with Crippen molar-refractivity contribution in [1.82, 2.24) is 15.5 Å². The van der Waals surface area contributed by atoms with E-state index in [4.69, 9.17) is 10.2 Å². The van der Waals surface area contributed by atoms with Gasteiger partial charge in [-0.2, -0.15) is 13.2 Å². The molecule has 0 radical (unpaired) electrons. The zero-order valence-corrected chi connectivity index (χ0v) is 23.0. The fraction of sp³-hybridized carbons (Fsp3) is 0.286. The molecule has 212 valence electrons. The van der Waals surface area contributed by atoms with Crippen molar-refractivity contribution in [2.75, 3.05) is 17.6 Å². The van der Waals surface area contributed by atoms with Gasteiger partial charge in [0.15, 0.2) is 0 Å². The molecule has 1 unspecified atom stereocenters. The number of anilines is 1. The highest BCUT2D eigenvalue weighted by atomic mass is 32.2. The summed E-state index contributed by atoms with van der Waals surface area (Å²) in [5, 5.41) is 10.8. The number of halogens is 3. The first-order valence-electron chi connectivity index (χ1n) is 12.3. The van der Waals surface area contributed by atoms with E-state index in [-0.39, 0.29) is 29.6 Å². The Labute approximate surface area is 231 Å². The Morgan fingerprint density at radius 3 is 2.20 bits per heavy atom. The maximum Gasteiger partial charge on any atom is 0.407 e. The van der Waals surface area contributed by atoms with E-state index in [0.29, 0.717) is 17.5 Å². The lowest BCUT2D eigenvalue weighted by Crippen LogP contribution is -2.35. The van der Waals surface area contributed by atoms with Gasteiger partial charge in [-0.05, 0) is 48.2 Å². The molecule has 0 bridgehead atoms. The predicted octanol–water partition coefficient (Wildman–Crippen LogP) is 4.94. The highest BCUT2D eigenvalue weighted by Crippen LogP contribution is 2.34. The number of benzene rings is 3. The van der Waals surface area contributed by atoms with Crippen LogP contribution in [0.1, 0.15) is 35.5 Å². The van der Waals surface area contributed by atoms with E-state index < -0.39 is 27.8 Å². The standard InChI is InChI=1S/C28H30F3N5O3S/c1-27(32,17-19-10-6-4-7-11-19)26-35-34-25(39-26)22-14-20(15-23(16-22)36(2)40(3,37)38)18-33-24(28(29,30)31)21-12-8-5-9-13-21/h4-16,24,33H,17-18,32H2,1-3H3/t24?,27-/m0/s1. The molecule has 0 aliphatic heterocycles. The second-order valence-electron chi connectivity index (χ2n) is 9.88. The summed E-state index contributed by atoms with van der Waals surface area (Å²) in [6, 6.07) is 19.7. The number of nitrogens with one attached hydrogen (secondary N) is 1. The number of sulfonamides is 1. The molecule has 0 aliphatic carbocycles. The van der Waals surface area contributed by atoms with Gasteiger partial charge in [0.1, 0.15) is 6.04 Å². The third-order valence-corrected chi connectivity index (χ3v) is 7.59. The van der Waals surface area contributed by atoms with Crippen molar-refractivity contribution in [2.45, 2.75) is 37.6 Å². The minimum Gasteiger partial charge on any atom is -0.419 e. The van der Waals surface area contributed by atoms with Gasteiger partial charge in [0.2, 0.25) is 21.8 Å². The van der Waals surface area contributed by atoms with Crippen LogP contribution in [0.5, 0.6) is 0 Å². The summed E-state index contributed by atoms with van der Waals surface area (Å²) in [5.41, 5.74) is 7.46. The average Bonchev–Trinajstić information content (AvgIpc) is 3.40. The first kappa shape index (κ1) is 29.2. The average molecular weight is 574 g/mol. The summed E-state index contributed by atoms with van der Waals surface area (Å²) >= 11 is 0. The number of aromatic nitrogens is 2. The zero-order valence-electron chi connectivity index (χ0n) is 22.2. The molecule has 4 aromatic rings. The molecule has 8 nitrogen and oxygen atoms in total. The first-order valence-corrected chi connectivity index (χ1v) is 14.2. The zero-order chi connectivity index (χ0) is 29.1. The van der Waals surface area contributed by atoms with Gasteiger partial charge < -0.3 is 10.2 Å². The van der Waals surface area contributed by atoms with Crippen LogP contribution in [0.2, 0.25) is 0 Å². The minimum absolute atomic E-state index is 0.0557. The molecule has 0 aliphatic rings. The normalized spacial score (nSPS) is 14.5. The van der Waals surface area contributed by atoms with Crippen LogP contribution < -0.4 is 15.4 Å². The summed E-state index contributed by atoms with van der Waals surface area (Å²) in [6.45, 7) is 1.53.